The van der Waals surface area contributed by atoms with E-state index in [0.717, 1.165) is 42.4 Å². The molecule has 1 saturated heterocycles. The van der Waals surface area contributed by atoms with Crippen LogP contribution in [-0.4, -0.2) is 44.7 Å². The molecule has 37 heavy (non-hydrogen) atoms. The molecule has 1 aliphatic heterocycles. The summed E-state index contributed by atoms with van der Waals surface area (Å²) in [6, 6.07) is 7.62. The number of carbonyl (C=O) groups excluding carboxylic acids is 1. The number of ketones is 1. The number of imidazole rings is 1. The summed E-state index contributed by atoms with van der Waals surface area (Å²) in [5.41, 5.74) is 4.12. The van der Waals surface area contributed by atoms with Crippen LogP contribution >= 0.6 is 0 Å². The van der Waals surface area contributed by atoms with E-state index in [0.29, 0.717) is 35.8 Å². The van der Waals surface area contributed by atoms with E-state index in [9.17, 15) is 18.0 Å². The van der Waals surface area contributed by atoms with Crippen LogP contribution in [0.4, 0.5) is 13.2 Å². The van der Waals surface area contributed by atoms with Crippen molar-refractivity contribution in [2.24, 2.45) is 0 Å². The molecule has 0 saturated carbocycles. The molecular weight excluding hydrogens is 477 g/mol. The zero-order chi connectivity index (χ0) is 26.5. The lowest BCUT2D eigenvalue weighted by atomic mass is 9.87. The van der Waals surface area contributed by atoms with Gasteiger partial charge in [-0.3, -0.25) is 9.69 Å². The van der Waals surface area contributed by atoms with Gasteiger partial charge in [0.05, 0.1) is 23.5 Å². The van der Waals surface area contributed by atoms with Crippen LogP contribution < -0.4 is 0 Å². The van der Waals surface area contributed by atoms with E-state index in [1.54, 1.807) is 19.3 Å². The summed E-state index contributed by atoms with van der Waals surface area (Å²) >= 11 is 0. The number of carbonyl (C=O) groups is 1. The summed E-state index contributed by atoms with van der Waals surface area (Å²) in [6.07, 6.45) is 1.40. The third-order valence-electron chi connectivity index (χ3n) is 7.56. The predicted molar refractivity (Wildman–Crippen MR) is 140 cm³/mol. The van der Waals surface area contributed by atoms with Crippen molar-refractivity contribution in [3.8, 4) is 11.3 Å². The maximum absolute atomic E-state index is 14.0. The number of aromatic amines is 1. The molecule has 0 aliphatic carbocycles. The molecule has 3 aromatic heterocycles. The number of aryl methyl sites for hydroxylation is 1. The molecule has 8 heteroatoms. The summed E-state index contributed by atoms with van der Waals surface area (Å²) in [7, 11) is 0. The monoisotopic (exact) mass is 510 g/mol. The van der Waals surface area contributed by atoms with E-state index in [1.807, 2.05) is 6.92 Å². The second-order valence-electron chi connectivity index (χ2n) is 10.6. The zero-order valence-electron chi connectivity index (χ0n) is 21.7. The van der Waals surface area contributed by atoms with Crippen LogP contribution in [0.5, 0.6) is 0 Å². The topological polar surface area (TPSA) is 53.4 Å². The Hall–Kier alpha value is -3.13. The molecule has 1 N–H and O–H groups in total. The lowest BCUT2D eigenvalue weighted by molar-refractivity contribution is -0.136. The Labute approximate surface area is 214 Å². The molecular formula is C29H33F3N4O. The summed E-state index contributed by atoms with van der Waals surface area (Å²) < 4.78 is 43.4. The fourth-order valence-corrected chi connectivity index (χ4v) is 5.66. The molecule has 0 atom stereocenters. The number of rotatable bonds is 6. The Balaban J connectivity index is 1.54. The second kappa shape index (κ2) is 9.63. The highest BCUT2D eigenvalue weighted by Crippen LogP contribution is 2.41. The van der Waals surface area contributed by atoms with Gasteiger partial charge in [0, 0.05) is 35.3 Å². The first-order chi connectivity index (χ1) is 17.5. The first-order valence-corrected chi connectivity index (χ1v) is 13.0. The number of likely N-dealkylation sites (tertiary alicyclic amines) is 1. The number of alkyl halides is 3. The quantitative estimate of drug-likeness (QED) is 0.301. The number of hydrogen-bond acceptors (Lipinski definition) is 3. The third-order valence-corrected chi connectivity index (χ3v) is 7.56. The molecule has 0 amide bonds. The first kappa shape index (κ1) is 25.5. The Bertz CT molecular complexity index is 1460. The van der Waals surface area contributed by atoms with E-state index < -0.39 is 11.7 Å². The first-order valence-electron chi connectivity index (χ1n) is 13.0. The van der Waals surface area contributed by atoms with Crippen LogP contribution in [0.15, 0.2) is 36.7 Å². The number of nitrogens with one attached hydrogen (secondary N) is 1. The van der Waals surface area contributed by atoms with E-state index in [-0.39, 0.29) is 17.3 Å². The van der Waals surface area contributed by atoms with Crippen molar-refractivity contribution >= 4 is 22.3 Å². The molecule has 0 unspecified atom stereocenters. The average molecular weight is 511 g/mol. The third kappa shape index (κ3) is 4.91. The molecule has 1 aliphatic rings. The van der Waals surface area contributed by atoms with Gasteiger partial charge in [-0.15, -0.1) is 0 Å². The molecule has 0 spiro atoms. The molecule has 5 rings (SSSR count). The minimum absolute atomic E-state index is 0.0785. The standard InChI is InChI=1S/C29H33F3N4O/c1-5-22(37)16-35-10-8-19(9-11-35)20-6-7-25-23(12-20)26(17(2)3)27(34-25)21-13-24(29(30,31)32)28-33-18(4)14-36(28)15-21/h6-7,12-15,17,19,34H,5,8-11,16H2,1-4H3. The van der Waals surface area contributed by atoms with Gasteiger partial charge in [-0.25, -0.2) is 4.98 Å². The highest BCUT2D eigenvalue weighted by atomic mass is 19.4. The molecule has 196 valence electrons. The minimum atomic E-state index is -4.51. The van der Waals surface area contributed by atoms with Gasteiger partial charge in [0.15, 0.2) is 0 Å². The zero-order valence-corrected chi connectivity index (χ0v) is 21.7. The van der Waals surface area contributed by atoms with Gasteiger partial charge in [0.25, 0.3) is 0 Å². The molecule has 0 radical (unpaired) electrons. The Kier molecular flexibility index (Phi) is 6.64. The van der Waals surface area contributed by atoms with Gasteiger partial charge < -0.3 is 9.38 Å². The van der Waals surface area contributed by atoms with Crippen LogP contribution in [0.2, 0.25) is 0 Å². The highest BCUT2D eigenvalue weighted by Gasteiger charge is 2.35. The number of hydrogen-bond donors (Lipinski definition) is 1. The molecule has 1 aromatic carbocycles. The lowest BCUT2D eigenvalue weighted by Gasteiger charge is -2.31. The number of fused-ring (bicyclic) bond motifs is 2. The van der Waals surface area contributed by atoms with E-state index in [4.69, 9.17) is 0 Å². The summed E-state index contributed by atoms with van der Waals surface area (Å²) in [6.45, 7) is 10.1. The fourth-order valence-electron chi connectivity index (χ4n) is 5.66. The average Bonchev–Trinajstić information content (AvgIpc) is 3.42. The summed E-state index contributed by atoms with van der Waals surface area (Å²) in [5.74, 6) is 0.785. The summed E-state index contributed by atoms with van der Waals surface area (Å²) in [4.78, 5) is 21.6. The number of halogens is 3. The van der Waals surface area contributed by atoms with Gasteiger partial charge >= 0.3 is 6.18 Å². The number of piperidine rings is 1. The van der Waals surface area contributed by atoms with Crippen molar-refractivity contribution in [2.45, 2.75) is 65.0 Å². The Morgan fingerprint density at radius 2 is 1.89 bits per heavy atom. The van der Waals surface area contributed by atoms with Gasteiger partial charge in [-0.1, -0.05) is 26.8 Å². The van der Waals surface area contributed by atoms with Crippen molar-refractivity contribution in [1.82, 2.24) is 19.3 Å². The van der Waals surface area contributed by atoms with Gasteiger partial charge in [0.2, 0.25) is 0 Å². The van der Waals surface area contributed by atoms with E-state index in [1.165, 1.54) is 16.0 Å². The highest BCUT2D eigenvalue weighted by molar-refractivity contribution is 5.92. The van der Waals surface area contributed by atoms with E-state index >= 15 is 0 Å². The SMILES string of the molecule is CCC(=O)CN1CCC(c2ccc3[nH]c(-c4cc(C(F)(F)F)c5nc(C)cn5c4)c(C(C)C)c3c2)CC1. The molecule has 4 aromatic rings. The lowest BCUT2D eigenvalue weighted by Crippen LogP contribution is -2.36. The Morgan fingerprint density at radius 1 is 1.16 bits per heavy atom. The van der Waals surface area contributed by atoms with Crippen molar-refractivity contribution in [2.75, 3.05) is 19.6 Å². The molecule has 5 nitrogen and oxygen atoms in total. The number of H-pyrrole nitrogens is 1. The smallest absolute Gasteiger partial charge is 0.354 e. The normalized spacial score (nSPS) is 15.9. The number of aromatic nitrogens is 3. The van der Waals surface area contributed by atoms with Crippen molar-refractivity contribution in [3.63, 3.8) is 0 Å². The van der Waals surface area contributed by atoms with Crippen LogP contribution in [0.25, 0.3) is 27.8 Å². The molecule has 1 fully saturated rings. The number of Topliss-reactive ketones (excluding diaryl/α,β-unsaturated/α-hetero) is 1. The largest absolute Gasteiger partial charge is 0.420 e. The maximum atomic E-state index is 14.0. The van der Waals surface area contributed by atoms with Crippen LogP contribution in [-0.2, 0) is 11.0 Å². The van der Waals surface area contributed by atoms with Crippen molar-refractivity contribution < 1.29 is 18.0 Å². The van der Waals surface area contributed by atoms with Crippen LogP contribution in [0.3, 0.4) is 0 Å². The number of benzene rings is 1. The van der Waals surface area contributed by atoms with E-state index in [2.05, 4.69) is 46.9 Å². The minimum Gasteiger partial charge on any atom is -0.354 e. The van der Waals surface area contributed by atoms with Gasteiger partial charge in [-0.05, 0) is 74.0 Å². The number of nitrogens with zero attached hydrogens (tertiary/aromatic N) is 3. The molecule has 0 bridgehead atoms. The maximum Gasteiger partial charge on any atom is 0.420 e. The number of pyridine rings is 1. The van der Waals surface area contributed by atoms with Gasteiger partial charge in [-0.2, -0.15) is 13.2 Å². The van der Waals surface area contributed by atoms with Crippen molar-refractivity contribution in [1.29, 1.82) is 0 Å². The second-order valence-corrected chi connectivity index (χ2v) is 10.6. The van der Waals surface area contributed by atoms with Gasteiger partial charge in [0.1, 0.15) is 11.4 Å². The van der Waals surface area contributed by atoms with Crippen molar-refractivity contribution in [3.05, 3.63) is 59.0 Å². The molecule has 4 heterocycles. The predicted octanol–water partition coefficient (Wildman–Crippen LogP) is 7.09. The van der Waals surface area contributed by atoms with Crippen LogP contribution in [0, 0.1) is 6.92 Å². The summed E-state index contributed by atoms with van der Waals surface area (Å²) in [5, 5.41) is 1.06. The fraction of sp³-hybridized carbons (Fsp3) is 0.448. The Morgan fingerprint density at radius 3 is 2.54 bits per heavy atom. The van der Waals surface area contributed by atoms with Crippen LogP contribution in [0.1, 0.15) is 74.3 Å².